The molecule has 1 N–H and O–H groups in total. The summed E-state index contributed by atoms with van der Waals surface area (Å²) in [5, 5.41) is 4.05. The second kappa shape index (κ2) is 10.1. The van der Waals surface area contributed by atoms with Crippen LogP contribution in [0.3, 0.4) is 0 Å². The minimum Gasteiger partial charge on any atom is -0.323 e. The number of aryl methyl sites for hydroxylation is 1. The van der Waals surface area contributed by atoms with E-state index in [1.54, 1.807) is 6.20 Å². The molecule has 22 heavy (non-hydrogen) atoms. The van der Waals surface area contributed by atoms with Crippen molar-refractivity contribution in [2.24, 2.45) is 0 Å². The molecule has 2 heterocycles. The molecule has 0 atom stereocenters. The zero-order valence-corrected chi connectivity index (χ0v) is 14.2. The predicted octanol–water partition coefficient (Wildman–Crippen LogP) is 3.73. The van der Waals surface area contributed by atoms with Crippen molar-refractivity contribution in [3.63, 3.8) is 0 Å². The number of carbonyl (C=O) groups excluding carboxylic acids is 1. The second-order valence-corrected chi connectivity index (χ2v) is 4.90. The number of carbonyl (C=O) groups is 1. The van der Waals surface area contributed by atoms with Crippen molar-refractivity contribution in [2.75, 3.05) is 6.54 Å². The number of imidazole rings is 1. The lowest BCUT2D eigenvalue weighted by Crippen LogP contribution is -2.29. The van der Waals surface area contributed by atoms with Crippen LogP contribution in [0.5, 0.6) is 0 Å². The average Bonchev–Trinajstić information content (AvgIpc) is 3.01. The number of benzene rings is 1. The molecule has 1 aliphatic rings. The summed E-state index contributed by atoms with van der Waals surface area (Å²) in [7, 11) is 0. The first-order valence-corrected chi connectivity index (χ1v) is 8.07. The number of halogens is 1. The summed E-state index contributed by atoms with van der Waals surface area (Å²) in [6, 6.07) is 7.91. The van der Waals surface area contributed by atoms with Crippen molar-refractivity contribution in [3.8, 4) is 0 Å². The lowest BCUT2D eigenvalue weighted by atomic mass is 10.2. The molecule has 0 radical (unpaired) electrons. The van der Waals surface area contributed by atoms with Crippen molar-refractivity contribution < 1.29 is 4.79 Å². The lowest BCUT2D eigenvalue weighted by molar-refractivity contribution is 0.111. The highest BCUT2D eigenvalue weighted by molar-refractivity contribution is 6.31. The Morgan fingerprint density at radius 1 is 1.36 bits per heavy atom. The van der Waals surface area contributed by atoms with E-state index in [-0.39, 0.29) is 0 Å². The van der Waals surface area contributed by atoms with Crippen molar-refractivity contribution in [3.05, 3.63) is 52.6 Å². The van der Waals surface area contributed by atoms with Crippen LogP contribution in [0.4, 0.5) is 0 Å². The summed E-state index contributed by atoms with van der Waals surface area (Å²) in [4.78, 5) is 14.6. The maximum atomic E-state index is 10.5. The molecule has 0 saturated heterocycles. The van der Waals surface area contributed by atoms with Crippen molar-refractivity contribution in [1.29, 1.82) is 0 Å². The molecule has 0 saturated carbocycles. The van der Waals surface area contributed by atoms with Crippen molar-refractivity contribution >= 4 is 17.9 Å². The van der Waals surface area contributed by atoms with Crippen LogP contribution in [-0.4, -0.2) is 22.4 Å². The lowest BCUT2D eigenvalue weighted by Gasteiger charge is -2.15. The largest absolute Gasteiger partial charge is 0.323 e. The van der Waals surface area contributed by atoms with Crippen LogP contribution in [-0.2, 0) is 19.5 Å². The summed E-state index contributed by atoms with van der Waals surface area (Å²) < 4.78 is 1.95. The van der Waals surface area contributed by atoms with Gasteiger partial charge in [0.2, 0.25) is 0 Å². The summed E-state index contributed by atoms with van der Waals surface area (Å²) >= 11 is 5.82. The minimum absolute atomic E-state index is 0.682. The fourth-order valence-corrected chi connectivity index (χ4v) is 2.37. The Kier molecular flexibility index (Phi) is 8.48. The van der Waals surface area contributed by atoms with E-state index < -0.39 is 0 Å². The first-order valence-electron chi connectivity index (χ1n) is 7.70. The third-order valence-corrected chi connectivity index (χ3v) is 3.59. The molecule has 0 amide bonds. The number of nitrogens with one attached hydrogen (secondary N) is 1. The van der Waals surface area contributed by atoms with Gasteiger partial charge in [-0.1, -0.05) is 50.6 Å². The van der Waals surface area contributed by atoms with Crippen LogP contribution in [0, 0.1) is 0 Å². The van der Waals surface area contributed by atoms with Crippen LogP contribution in [0.1, 0.15) is 42.6 Å². The number of aldehydes is 1. The molecule has 0 aliphatic carbocycles. The Labute approximate surface area is 137 Å². The van der Waals surface area contributed by atoms with E-state index in [0.717, 1.165) is 43.2 Å². The zero-order valence-electron chi connectivity index (χ0n) is 13.5. The predicted molar refractivity (Wildman–Crippen MR) is 91.5 cm³/mol. The standard InChI is InChI=1S/C8H9Cl.C7H9N3O.C2H6/c1-2-7-5-3-4-6-8(7)9;11-5-6-3-9-7-4-8-1-2-10(6)7;1-2/h3-6H,2H2,1H3;3,5,8H,1-2,4H2;1-2H3. The van der Waals surface area contributed by atoms with E-state index in [1.165, 1.54) is 5.56 Å². The molecule has 0 spiro atoms. The van der Waals surface area contributed by atoms with Gasteiger partial charge in [0.25, 0.3) is 0 Å². The van der Waals surface area contributed by atoms with Crippen LogP contribution < -0.4 is 5.32 Å². The normalized spacial score (nSPS) is 12.2. The van der Waals surface area contributed by atoms with Gasteiger partial charge in [0.05, 0.1) is 12.7 Å². The molecule has 0 bridgehead atoms. The smallest absolute Gasteiger partial charge is 0.168 e. The minimum atomic E-state index is 0.682. The Morgan fingerprint density at radius 2 is 2.09 bits per heavy atom. The van der Waals surface area contributed by atoms with Crippen molar-refractivity contribution in [1.82, 2.24) is 14.9 Å². The van der Waals surface area contributed by atoms with E-state index in [0.29, 0.717) is 5.69 Å². The quantitative estimate of drug-likeness (QED) is 0.857. The number of aromatic nitrogens is 2. The maximum Gasteiger partial charge on any atom is 0.168 e. The fraction of sp³-hybridized carbons (Fsp3) is 0.412. The highest BCUT2D eigenvalue weighted by Gasteiger charge is 2.11. The maximum absolute atomic E-state index is 10.5. The van der Waals surface area contributed by atoms with E-state index in [2.05, 4.69) is 17.2 Å². The highest BCUT2D eigenvalue weighted by atomic mass is 35.5. The van der Waals surface area contributed by atoms with E-state index >= 15 is 0 Å². The van der Waals surface area contributed by atoms with Gasteiger partial charge in [0.15, 0.2) is 6.29 Å². The molecule has 2 aromatic rings. The van der Waals surface area contributed by atoms with Gasteiger partial charge >= 0.3 is 0 Å². The first-order chi connectivity index (χ1) is 10.8. The van der Waals surface area contributed by atoms with Gasteiger partial charge in [-0.05, 0) is 18.1 Å². The van der Waals surface area contributed by atoms with Gasteiger partial charge in [-0.25, -0.2) is 4.98 Å². The number of rotatable bonds is 2. The first kappa shape index (κ1) is 18.4. The van der Waals surface area contributed by atoms with Gasteiger partial charge < -0.3 is 9.88 Å². The molecule has 0 fully saturated rings. The molecule has 0 unspecified atom stereocenters. The number of nitrogens with zero attached hydrogens (tertiary/aromatic N) is 2. The Balaban J connectivity index is 0.000000202. The Morgan fingerprint density at radius 3 is 2.68 bits per heavy atom. The summed E-state index contributed by atoms with van der Waals surface area (Å²) in [5.74, 6) is 0.957. The van der Waals surface area contributed by atoms with Gasteiger partial charge in [0, 0.05) is 18.1 Å². The molecule has 1 aromatic carbocycles. The number of hydrogen-bond acceptors (Lipinski definition) is 3. The molecular weight excluding hydrogens is 298 g/mol. The van der Waals surface area contributed by atoms with Gasteiger partial charge in [-0.3, -0.25) is 4.79 Å². The third kappa shape index (κ3) is 4.97. The molecular formula is C17H24ClN3O. The zero-order chi connectivity index (χ0) is 16.4. The Hall–Kier alpha value is -1.65. The van der Waals surface area contributed by atoms with E-state index in [1.807, 2.05) is 42.7 Å². The molecule has 1 aromatic heterocycles. The molecule has 1 aliphatic heterocycles. The summed E-state index contributed by atoms with van der Waals surface area (Å²) in [6.07, 6.45) is 3.48. The number of fused-ring (bicyclic) bond motifs is 1. The monoisotopic (exact) mass is 321 g/mol. The van der Waals surface area contributed by atoms with E-state index in [4.69, 9.17) is 11.6 Å². The molecule has 5 heteroatoms. The molecule has 4 nitrogen and oxygen atoms in total. The SMILES string of the molecule is CC.CCc1ccccc1Cl.O=Cc1cnc2n1CCNC2. The molecule has 3 rings (SSSR count). The summed E-state index contributed by atoms with van der Waals surface area (Å²) in [6.45, 7) is 8.64. The number of hydrogen-bond donors (Lipinski definition) is 1. The van der Waals surface area contributed by atoms with Crippen LogP contribution in [0.2, 0.25) is 5.02 Å². The average molecular weight is 322 g/mol. The van der Waals surface area contributed by atoms with Crippen LogP contribution in [0.25, 0.3) is 0 Å². The van der Waals surface area contributed by atoms with Crippen molar-refractivity contribution in [2.45, 2.75) is 40.3 Å². The van der Waals surface area contributed by atoms with Gasteiger partial charge in [-0.2, -0.15) is 0 Å². The highest BCUT2D eigenvalue weighted by Crippen LogP contribution is 2.14. The Bertz CT molecular complexity index is 581. The van der Waals surface area contributed by atoms with Gasteiger partial charge in [0.1, 0.15) is 11.5 Å². The van der Waals surface area contributed by atoms with Crippen LogP contribution in [0.15, 0.2) is 30.5 Å². The van der Waals surface area contributed by atoms with Crippen LogP contribution >= 0.6 is 11.6 Å². The van der Waals surface area contributed by atoms with E-state index in [9.17, 15) is 4.79 Å². The molecule has 120 valence electrons. The topological polar surface area (TPSA) is 46.9 Å². The fourth-order valence-electron chi connectivity index (χ4n) is 2.10. The summed E-state index contributed by atoms with van der Waals surface area (Å²) in [5.41, 5.74) is 1.90. The second-order valence-electron chi connectivity index (χ2n) is 4.49. The van der Waals surface area contributed by atoms with Gasteiger partial charge in [-0.15, -0.1) is 0 Å². The third-order valence-electron chi connectivity index (χ3n) is 3.22.